The number of benzene rings is 1. The number of halogens is 1. The minimum absolute atomic E-state index is 0.749. The predicted molar refractivity (Wildman–Crippen MR) is 57.3 cm³/mol. The molecule has 0 spiro atoms. The molecule has 1 aliphatic carbocycles. The predicted octanol–water partition coefficient (Wildman–Crippen LogP) is 4.16. The molecule has 0 aliphatic heterocycles. The van der Waals surface area contributed by atoms with Gasteiger partial charge in [0, 0.05) is 5.02 Å². The highest BCUT2D eigenvalue weighted by Crippen LogP contribution is 2.52. The number of rotatable bonds is 2. The Bertz CT molecular complexity index is 297. The van der Waals surface area contributed by atoms with Crippen molar-refractivity contribution >= 4 is 11.6 Å². The van der Waals surface area contributed by atoms with E-state index < -0.39 is 0 Å². The molecule has 1 fully saturated rings. The third-order valence-corrected chi connectivity index (χ3v) is 3.42. The standard InChI is InChI=1S/C12H15Cl/c1-3-9-7-10(9)12-8(2)5-4-6-11(12)13/h4-6,9-10H,3,7H2,1-2H3. The molecule has 0 aromatic heterocycles. The average Bonchev–Trinajstić information content (AvgIpc) is 2.83. The van der Waals surface area contributed by atoms with E-state index in [-0.39, 0.29) is 0 Å². The van der Waals surface area contributed by atoms with Gasteiger partial charge in [-0.3, -0.25) is 0 Å². The van der Waals surface area contributed by atoms with Crippen molar-refractivity contribution in [3.63, 3.8) is 0 Å². The Morgan fingerprint density at radius 2 is 2.23 bits per heavy atom. The topological polar surface area (TPSA) is 0 Å². The van der Waals surface area contributed by atoms with Gasteiger partial charge in [-0.2, -0.15) is 0 Å². The van der Waals surface area contributed by atoms with Gasteiger partial charge in [-0.25, -0.2) is 0 Å². The van der Waals surface area contributed by atoms with Crippen molar-refractivity contribution in [2.24, 2.45) is 5.92 Å². The Morgan fingerprint density at radius 3 is 2.77 bits per heavy atom. The largest absolute Gasteiger partial charge is 0.0840 e. The number of hydrogen-bond donors (Lipinski definition) is 0. The van der Waals surface area contributed by atoms with E-state index in [1.807, 2.05) is 12.1 Å². The molecule has 0 radical (unpaired) electrons. The fraction of sp³-hybridized carbons (Fsp3) is 0.500. The quantitative estimate of drug-likeness (QED) is 0.663. The summed E-state index contributed by atoms with van der Waals surface area (Å²) in [5.41, 5.74) is 2.75. The molecule has 0 heterocycles. The van der Waals surface area contributed by atoms with Gasteiger partial charge in [-0.15, -0.1) is 0 Å². The van der Waals surface area contributed by atoms with Gasteiger partial charge in [0.15, 0.2) is 0 Å². The van der Waals surface area contributed by atoms with E-state index in [0.29, 0.717) is 0 Å². The lowest BCUT2D eigenvalue weighted by Gasteiger charge is -2.06. The normalized spacial score (nSPS) is 26.1. The smallest absolute Gasteiger partial charge is 0.0443 e. The summed E-state index contributed by atoms with van der Waals surface area (Å²) in [6.45, 7) is 4.42. The molecule has 13 heavy (non-hydrogen) atoms. The molecule has 0 saturated heterocycles. The van der Waals surface area contributed by atoms with Crippen molar-refractivity contribution in [3.05, 3.63) is 34.3 Å². The van der Waals surface area contributed by atoms with E-state index in [0.717, 1.165) is 16.9 Å². The lowest BCUT2D eigenvalue weighted by atomic mass is 10.0. The molecule has 2 rings (SSSR count). The molecule has 1 aliphatic rings. The second-order valence-electron chi connectivity index (χ2n) is 3.98. The Morgan fingerprint density at radius 1 is 1.46 bits per heavy atom. The maximum absolute atomic E-state index is 6.19. The first-order valence-electron chi connectivity index (χ1n) is 4.99. The summed E-state index contributed by atoms with van der Waals surface area (Å²) in [5.74, 6) is 1.64. The van der Waals surface area contributed by atoms with Crippen LogP contribution in [0.5, 0.6) is 0 Å². The summed E-state index contributed by atoms with van der Waals surface area (Å²) in [5, 5.41) is 0.959. The molecule has 2 atom stereocenters. The van der Waals surface area contributed by atoms with Gasteiger partial charge < -0.3 is 0 Å². The molecule has 1 heteroatoms. The fourth-order valence-corrected chi connectivity index (χ4v) is 2.53. The van der Waals surface area contributed by atoms with Crippen LogP contribution in [0.4, 0.5) is 0 Å². The molecule has 2 unspecified atom stereocenters. The minimum atomic E-state index is 0.749. The van der Waals surface area contributed by atoms with Crippen LogP contribution in [0.1, 0.15) is 36.8 Å². The maximum atomic E-state index is 6.19. The first kappa shape index (κ1) is 9.08. The highest BCUT2D eigenvalue weighted by Gasteiger charge is 2.38. The van der Waals surface area contributed by atoms with Crippen LogP contribution in [0, 0.1) is 12.8 Å². The third kappa shape index (κ3) is 1.60. The van der Waals surface area contributed by atoms with Crippen LogP contribution in [0.2, 0.25) is 5.02 Å². The SMILES string of the molecule is CCC1CC1c1c(C)cccc1Cl. The highest BCUT2D eigenvalue weighted by molar-refractivity contribution is 6.31. The summed E-state index contributed by atoms with van der Waals surface area (Å²) in [7, 11) is 0. The van der Waals surface area contributed by atoms with Gasteiger partial charge in [-0.1, -0.05) is 37.1 Å². The Hall–Kier alpha value is -0.490. The monoisotopic (exact) mass is 194 g/mol. The van der Waals surface area contributed by atoms with Crippen LogP contribution in [0.3, 0.4) is 0 Å². The first-order chi connectivity index (χ1) is 6.24. The zero-order valence-corrected chi connectivity index (χ0v) is 8.93. The van der Waals surface area contributed by atoms with Crippen LogP contribution in [-0.2, 0) is 0 Å². The van der Waals surface area contributed by atoms with Gasteiger partial charge >= 0.3 is 0 Å². The van der Waals surface area contributed by atoms with Crippen molar-refractivity contribution in [1.82, 2.24) is 0 Å². The molecule has 0 amide bonds. The zero-order valence-electron chi connectivity index (χ0n) is 8.18. The Balaban J connectivity index is 2.30. The molecule has 0 nitrogen and oxygen atoms in total. The van der Waals surface area contributed by atoms with E-state index in [1.165, 1.54) is 24.0 Å². The lowest BCUT2D eigenvalue weighted by Crippen LogP contribution is -1.89. The third-order valence-electron chi connectivity index (χ3n) is 3.09. The van der Waals surface area contributed by atoms with Crippen molar-refractivity contribution in [1.29, 1.82) is 0 Å². The summed E-state index contributed by atoms with van der Waals surface area (Å²) in [6, 6.07) is 6.20. The Kier molecular flexibility index (Phi) is 2.33. The van der Waals surface area contributed by atoms with Gasteiger partial charge in [0.05, 0.1) is 0 Å². The summed E-state index contributed by atoms with van der Waals surface area (Å²) < 4.78 is 0. The molecular weight excluding hydrogens is 180 g/mol. The molecular formula is C12H15Cl. The van der Waals surface area contributed by atoms with Crippen LogP contribution in [-0.4, -0.2) is 0 Å². The summed E-state index contributed by atoms with van der Waals surface area (Å²) in [4.78, 5) is 0. The van der Waals surface area contributed by atoms with Crippen LogP contribution in [0.25, 0.3) is 0 Å². The van der Waals surface area contributed by atoms with E-state index >= 15 is 0 Å². The van der Waals surface area contributed by atoms with Crippen LogP contribution in [0.15, 0.2) is 18.2 Å². The van der Waals surface area contributed by atoms with E-state index in [4.69, 9.17) is 11.6 Å². The second kappa shape index (κ2) is 3.34. The van der Waals surface area contributed by atoms with Crippen molar-refractivity contribution in [2.75, 3.05) is 0 Å². The van der Waals surface area contributed by atoms with Crippen molar-refractivity contribution in [2.45, 2.75) is 32.6 Å². The molecule has 1 aromatic carbocycles. The number of hydrogen-bond acceptors (Lipinski definition) is 0. The highest BCUT2D eigenvalue weighted by atomic mass is 35.5. The maximum Gasteiger partial charge on any atom is 0.0443 e. The van der Waals surface area contributed by atoms with E-state index in [9.17, 15) is 0 Å². The van der Waals surface area contributed by atoms with Crippen LogP contribution >= 0.6 is 11.6 Å². The summed E-state index contributed by atoms with van der Waals surface area (Å²) >= 11 is 6.19. The summed E-state index contributed by atoms with van der Waals surface area (Å²) in [6.07, 6.45) is 2.62. The van der Waals surface area contributed by atoms with E-state index in [2.05, 4.69) is 19.9 Å². The Labute approximate surface area is 84.9 Å². The second-order valence-corrected chi connectivity index (χ2v) is 4.39. The van der Waals surface area contributed by atoms with Crippen molar-refractivity contribution < 1.29 is 0 Å². The van der Waals surface area contributed by atoms with Crippen LogP contribution < -0.4 is 0 Å². The molecule has 0 bridgehead atoms. The first-order valence-corrected chi connectivity index (χ1v) is 5.36. The van der Waals surface area contributed by atoms with Gasteiger partial charge in [0.1, 0.15) is 0 Å². The molecule has 1 saturated carbocycles. The lowest BCUT2D eigenvalue weighted by molar-refractivity contribution is 0.764. The van der Waals surface area contributed by atoms with E-state index in [1.54, 1.807) is 0 Å². The molecule has 1 aromatic rings. The van der Waals surface area contributed by atoms with Gasteiger partial charge in [-0.05, 0) is 42.4 Å². The van der Waals surface area contributed by atoms with Gasteiger partial charge in [0.25, 0.3) is 0 Å². The average molecular weight is 195 g/mol. The molecule has 70 valence electrons. The number of aryl methyl sites for hydroxylation is 1. The van der Waals surface area contributed by atoms with Gasteiger partial charge in [0.2, 0.25) is 0 Å². The minimum Gasteiger partial charge on any atom is -0.0840 e. The molecule has 0 N–H and O–H groups in total. The zero-order chi connectivity index (χ0) is 9.42. The fourth-order valence-electron chi connectivity index (χ4n) is 2.17. The van der Waals surface area contributed by atoms with Crippen molar-refractivity contribution in [3.8, 4) is 0 Å².